The lowest BCUT2D eigenvalue weighted by atomic mass is 10.2. The van der Waals surface area contributed by atoms with E-state index in [0.29, 0.717) is 11.5 Å². The number of carbonyl (C=O) groups is 1. The van der Waals surface area contributed by atoms with Gasteiger partial charge in [0.05, 0.1) is 0 Å². The van der Waals surface area contributed by atoms with Gasteiger partial charge in [0, 0.05) is 6.08 Å². The first-order chi connectivity index (χ1) is 10.7. The lowest BCUT2D eigenvalue weighted by Crippen LogP contribution is -2.00. The molecule has 0 saturated heterocycles. The number of esters is 1. The lowest BCUT2D eigenvalue weighted by molar-refractivity contribution is -0.138. The quantitative estimate of drug-likeness (QED) is 0.642. The summed E-state index contributed by atoms with van der Waals surface area (Å²) in [5.41, 5.74) is 1.54. The molecule has 1 aliphatic heterocycles. The largest absolute Gasteiger partial charge is 0.458 e. The molecule has 0 fully saturated rings. The van der Waals surface area contributed by atoms with Crippen molar-refractivity contribution in [2.75, 3.05) is 6.79 Å². The van der Waals surface area contributed by atoms with Crippen LogP contribution in [0.2, 0.25) is 0 Å². The lowest BCUT2D eigenvalue weighted by Gasteiger charge is -2.02. The number of halogens is 1. The Hall–Kier alpha value is -2.82. The van der Waals surface area contributed by atoms with Gasteiger partial charge in [0.25, 0.3) is 0 Å². The van der Waals surface area contributed by atoms with Crippen LogP contribution in [0.3, 0.4) is 0 Å². The van der Waals surface area contributed by atoms with Crippen molar-refractivity contribution in [2.24, 2.45) is 0 Å². The zero-order chi connectivity index (χ0) is 15.4. The Kier molecular flexibility index (Phi) is 4.05. The Balaban J connectivity index is 1.56. The molecule has 0 radical (unpaired) electrons. The van der Waals surface area contributed by atoms with Crippen molar-refractivity contribution in [2.45, 2.75) is 6.61 Å². The summed E-state index contributed by atoms with van der Waals surface area (Å²) in [4.78, 5) is 11.7. The van der Waals surface area contributed by atoms with Crippen LogP contribution in [0, 0.1) is 5.82 Å². The molecule has 0 saturated carbocycles. The summed E-state index contributed by atoms with van der Waals surface area (Å²) in [6.07, 6.45) is 2.97. The van der Waals surface area contributed by atoms with Crippen LogP contribution in [-0.4, -0.2) is 12.8 Å². The highest BCUT2D eigenvalue weighted by Crippen LogP contribution is 2.32. The molecule has 2 aromatic rings. The van der Waals surface area contributed by atoms with Gasteiger partial charge in [0.1, 0.15) is 12.4 Å². The average molecular weight is 300 g/mol. The highest BCUT2D eigenvalue weighted by atomic mass is 19.1. The summed E-state index contributed by atoms with van der Waals surface area (Å²) >= 11 is 0. The van der Waals surface area contributed by atoms with Gasteiger partial charge in [-0.25, -0.2) is 9.18 Å². The van der Waals surface area contributed by atoms with Crippen LogP contribution in [0.1, 0.15) is 11.1 Å². The second-order valence-electron chi connectivity index (χ2n) is 4.68. The van der Waals surface area contributed by atoms with Crippen molar-refractivity contribution in [3.8, 4) is 11.5 Å². The number of benzene rings is 2. The molecule has 0 unspecified atom stereocenters. The molecule has 0 N–H and O–H groups in total. The minimum atomic E-state index is -0.470. The van der Waals surface area contributed by atoms with E-state index >= 15 is 0 Å². The van der Waals surface area contributed by atoms with Gasteiger partial charge in [-0.15, -0.1) is 0 Å². The second-order valence-corrected chi connectivity index (χ2v) is 4.68. The van der Waals surface area contributed by atoms with Gasteiger partial charge in [-0.1, -0.05) is 18.2 Å². The Labute approximate surface area is 126 Å². The fourth-order valence-electron chi connectivity index (χ4n) is 1.96. The predicted octanol–water partition coefficient (Wildman–Crippen LogP) is 3.31. The van der Waals surface area contributed by atoms with Crippen LogP contribution in [0.15, 0.2) is 48.5 Å². The van der Waals surface area contributed by atoms with Gasteiger partial charge in [-0.05, 0) is 41.5 Å². The molecule has 1 aliphatic rings. The van der Waals surface area contributed by atoms with Crippen molar-refractivity contribution in [1.82, 2.24) is 0 Å². The van der Waals surface area contributed by atoms with Gasteiger partial charge in [-0.3, -0.25) is 0 Å². The molecule has 1 heterocycles. The van der Waals surface area contributed by atoms with E-state index < -0.39 is 5.97 Å². The van der Waals surface area contributed by atoms with Crippen LogP contribution in [0.5, 0.6) is 11.5 Å². The van der Waals surface area contributed by atoms with Gasteiger partial charge in [0.2, 0.25) is 6.79 Å². The maximum atomic E-state index is 12.8. The van der Waals surface area contributed by atoms with Crippen molar-refractivity contribution < 1.29 is 23.4 Å². The number of fused-ring (bicyclic) bond motifs is 1. The normalized spacial score (nSPS) is 12.6. The molecule has 0 aliphatic carbocycles. The molecule has 22 heavy (non-hydrogen) atoms. The Bertz CT molecular complexity index is 707. The van der Waals surface area contributed by atoms with Crippen molar-refractivity contribution in [1.29, 1.82) is 0 Å². The molecule has 5 heteroatoms. The molecule has 0 amide bonds. The average Bonchev–Trinajstić information content (AvgIpc) is 3.00. The number of hydrogen-bond donors (Lipinski definition) is 0. The maximum absolute atomic E-state index is 12.8. The smallest absolute Gasteiger partial charge is 0.331 e. The van der Waals surface area contributed by atoms with Crippen LogP contribution in [0.25, 0.3) is 6.08 Å². The fourth-order valence-corrected chi connectivity index (χ4v) is 1.96. The second kappa shape index (κ2) is 6.30. The standard InChI is InChI=1S/C17H13FO4/c18-14-5-1-13(2-6-14)10-20-17(19)8-4-12-3-7-15-16(9-12)22-11-21-15/h1-9H,10-11H2/b8-4+. The van der Waals surface area contributed by atoms with Crippen LogP contribution < -0.4 is 9.47 Å². The third-order valence-electron chi connectivity index (χ3n) is 3.10. The monoisotopic (exact) mass is 300 g/mol. The molecule has 0 spiro atoms. The number of hydrogen-bond acceptors (Lipinski definition) is 4. The first-order valence-electron chi connectivity index (χ1n) is 6.70. The van der Waals surface area contributed by atoms with E-state index in [2.05, 4.69) is 0 Å². The highest BCUT2D eigenvalue weighted by molar-refractivity contribution is 5.87. The molecule has 0 aromatic heterocycles. The maximum Gasteiger partial charge on any atom is 0.331 e. The summed E-state index contributed by atoms with van der Waals surface area (Å²) in [5.74, 6) is 0.553. The van der Waals surface area contributed by atoms with E-state index in [9.17, 15) is 9.18 Å². The van der Waals surface area contributed by atoms with Crippen molar-refractivity contribution >= 4 is 12.0 Å². The molecule has 4 nitrogen and oxygen atoms in total. The van der Waals surface area contributed by atoms with E-state index in [0.717, 1.165) is 11.1 Å². The molecular formula is C17H13FO4. The minimum absolute atomic E-state index is 0.102. The number of rotatable bonds is 4. The summed E-state index contributed by atoms with van der Waals surface area (Å²) in [6.45, 7) is 0.312. The van der Waals surface area contributed by atoms with Crippen LogP contribution in [-0.2, 0) is 16.1 Å². The van der Waals surface area contributed by atoms with Crippen LogP contribution >= 0.6 is 0 Å². The van der Waals surface area contributed by atoms with Gasteiger partial charge >= 0.3 is 5.97 Å². The topological polar surface area (TPSA) is 44.8 Å². The molecular weight excluding hydrogens is 287 g/mol. The first-order valence-corrected chi connectivity index (χ1v) is 6.70. The Morgan fingerprint density at radius 2 is 1.91 bits per heavy atom. The van der Waals surface area contributed by atoms with Gasteiger partial charge in [0.15, 0.2) is 11.5 Å². The number of ether oxygens (including phenoxy) is 3. The Morgan fingerprint density at radius 3 is 2.73 bits per heavy atom. The summed E-state index contributed by atoms with van der Waals surface area (Å²) < 4.78 is 28.3. The highest BCUT2D eigenvalue weighted by Gasteiger charge is 2.12. The number of carbonyl (C=O) groups excluding carboxylic acids is 1. The van der Waals surface area contributed by atoms with E-state index in [4.69, 9.17) is 14.2 Å². The zero-order valence-electron chi connectivity index (χ0n) is 11.6. The van der Waals surface area contributed by atoms with Crippen LogP contribution in [0.4, 0.5) is 4.39 Å². The van der Waals surface area contributed by atoms with E-state index in [-0.39, 0.29) is 19.2 Å². The first kappa shape index (κ1) is 14.1. The molecule has 0 bridgehead atoms. The molecule has 112 valence electrons. The van der Waals surface area contributed by atoms with E-state index in [1.54, 1.807) is 30.3 Å². The summed E-state index contributed by atoms with van der Waals surface area (Å²) in [5, 5.41) is 0. The zero-order valence-corrected chi connectivity index (χ0v) is 11.6. The van der Waals surface area contributed by atoms with Crippen molar-refractivity contribution in [3.05, 3.63) is 65.5 Å². The van der Waals surface area contributed by atoms with Gasteiger partial charge < -0.3 is 14.2 Å². The predicted molar refractivity (Wildman–Crippen MR) is 77.8 cm³/mol. The molecule has 0 atom stereocenters. The Morgan fingerprint density at radius 1 is 1.14 bits per heavy atom. The summed E-state index contributed by atoms with van der Waals surface area (Å²) in [7, 11) is 0. The SMILES string of the molecule is O=C(/C=C/c1ccc2c(c1)OCO2)OCc1ccc(F)cc1. The van der Waals surface area contributed by atoms with E-state index in [1.807, 2.05) is 6.07 Å². The minimum Gasteiger partial charge on any atom is -0.458 e. The van der Waals surface area contributed by atoms with Crippen molar-refractivity contribution in [3.63, 3.8) is 0 Å². The third-order valence-corrected chi connectivity index (χ3v) is 3.10. The molecule has 2 aromatic carbocycles. The fraction of sp³-hybridized carbons (Fsp3) is 0.118. The molecule has 3 rings (SSSR count). The third kappa shape index (κ3) is 3.44. The summed E-state index contributed by atoms with van der Waals surface area (Å²) in [6, 6.07) is 11.2. The van der Waals surface area contributed by atoms with Gasteiger partial charge in [-0.2, -0.15) is 0 Å². The van der Waals surface area contributed by atoms with E-state index in [1.165, 1.54) is 18.2 Å².